The molecule has 1 aliphatic rings. The molecule has 0 aliphatic carbocycles. The number of aromatic nitrogens is 1. The van der Waals surface area contributed by atoms with E-state index in [1.165, 1.54) is 31.4 Å². The molecule has 4 nitrogen and oxygen atoms in total. The number of benzene rings is 1. The SMILES string of the molecule is C[C@@H]1CCC[C@@H](C)N1CCCNC(=O)c1cc2sccc2n1Cc1ccc(F)cc1. The lowest BCUT2D eigenvalue weighted by Gasteiger charge is -2.39. The summed E-state index contributed by atoms with van der Waals surface area (Å²) in [7, 11) is 0. The number of rotatable bonds is 7. The molecule has 0 bridgehead atoms. The number of nitrogens with zero attached hydrogens (tertiary/aromatic N) is 2. The zero-order valence-electron chi connectivity index (χ0n) is 17.7. The first kappa shape index (κ1) is 21.1. The van der Waals surface area contributed by atoms with Gasteiger partial charge in [-0.3, -0.25) is 9.69 Å². The maximum Gasteiger partial charge on any atom is 0.267 e. The summed E-state index contributed by atoms with van der Waals surface area (Å²) in [6.45, 7) is 6.86. The maximum absolute atomic E-state index is 13.3. The third-order valence-electron chi connectivity index (χ3n) is 6.26. The Morgan fingerprint density at radius 2 is 1.90 bits per heavy atom. The molecule has 160 valence electrons. The van der Waals surface area contributed by atoms with Gasteiger partial charge in [-0.25, -0.2) is 4.39 Å². The molecule has 3 heterocycles. The van der Waals surface area contributed by atoms with E-state index in [4.69, 9.17) is 0 Å². The van der Waals surface area contributed by atoms with E-state index in [0.717, 1.165) is 28.7 Å². The van der Waals surface area contributed by atoms with Gasteiger partial charge in [0, 0.05) is 31.7 Å². The third kappa shape index (κ3) is 4.60. The molecular weight excluding hydrogens is 397 g/mol. The third-order valence-corrected chi connectivity index (χ3v) is 7.12. The van der Waals surface area contributed by atoms with E-state index in [9.17, 15) is 9.18 Å². The lowest BCUT2D eigenvalue weighted by Crippen LogP contribution is -2.44. The average Bonchev–Trinajstić information content (AvgIpc) is 3.31. The van der Waals surface area contributed by atoms with Crippen LogP contribution in [0.15, 0.2) is 41.8 Å². The summed E-state index contributed by atoms with van der Waals surface area (Å²) in [5.41, 5.74) is 2.69. The van der Waals surface area contributed by atoms with Crippen LogP contribution in [-0.2, 0) is 6.54 Å². The molecule has 30 heavy (non-hydrogen) atoms. The quantitative estimate of drug-likeness (QED) is 0.522. The zero-order valence-corrected chi connectivity index (χ0v) is 18.6. The lowest BCUT2D eigenvalue weighted by molar-refractivity contribution is 0.0918. The van der Waals surface area contributed by atoms with Crippen LogP contribution in [0.4, 0.5) is 4.39 Å². The van der Waals surface area contributed by atoms with Gasteiger partial charge in [-0.15, -0.1) is 11.3 Å². The first-order chi connectivity index (χ1) is 14.5. The second-order valence-electron chi connectivity index (χ2n) is 8.39. The Labute approximate surface area is 181 Å². The van der Waals surface area contributed by atoms with Gasteiger partial charge >= 0.3 is 0 Å². The van der Waals surface area contributed by atoms with E-state index in [-0.39, 0.29) is 11.7 Å². The highest BCUT2D eigenvalue weighted by Crippen LogP contribution is 2.26. The number of carbonyl (C=O) groups is 1. The summed E-state index contributed by atoms with van der Waals surface area (Å²) < 4.78 is 16.4. The lowest BCUT2D eigenvalue weighted by atomic mass is 9.97. The van der Waals surface area contributed by atoms with Crippen molar-refractivity contribution in [3.05, 3.63) is 58.9 Å². The zero-order chi connectivity index (χ0) is 21.1. The Kier molecular flexibility index (Phi) is 6.54. The molecule has 1 aliphatic heterocycles. The number of likely N-dealkylation sites (tertiary alicyclic amines) is 1. The largest absolute Gasteiger partial charge is 0.351 e. The van der Waals surface area contributed by atoms with Gasteiger partial charge < -0.3 is 9.88 Å². The molecule has 0 spiro atoms. The normalized spacial score (nSPS) is 20.0. The van der Waals surface area contributed by atoms with Crippen LogP contribution in [-0.4, -0.2) is 40.5 Å². The van der Waals surface area contributed by atoms with Crippen LogP contribution in [0.25, 0.3) is 10.2 Å². The highest BCUT2D eigenvalue weighted by molar-refractivity contribution is 7.17. The average molecular weight is 428 g/mol. The molecule has 0 unspecified atom stereocenters. The molecule has 3 aromatic rings. The second-order valence-corrected chi connectivity index (χ2v) is 9.34. The van der Waals surface area contributed by atoms with Gasteiger partial charge in [0.25, 0.3) is 5.91 Å². The summed E-state index contributed by atoms with van der Waals surface area (Å²) in [5, 5.41) is 5.15. The maximum atomic E-state index is 13.3. The number of hydrogen-bond acceptors (Lipinski definition) is 3. The van der Waals surface area contributed by atoms with Crippen molar-refractivity contribution >= 4 is 27.5 Å². The van der Waals surface area contributed by atoms with Gasteiger partial charge in [-0.05, 0) is 68.3 Å². The standard InChI is InChI=1S/C24H30FN3OS/c1-17-5-3-6-18(2)27(17)13-4-12-26-24(29)22-15-23-21(11-14-30-23)28(22)16-19-7-9-20(25)10-8-19/h7-11,14-15,17-18H,3-6,12-13,16H2,1-2H3,(H,26,29)/t17-,18-/m1/s1. The summed E-state index contributed by atoms with van der Waals surface area (Å²) in [5.74, 6) is -0.289. The van der Waals surface area contributed by atoms with E-state index in [1.54, 1.807) is 23.5 Å². The molecule has 1 N–H and O–H groups in total. The minimum Gasteiger partial charge on any atom is -0.351 e. The number of piperidine rings is 1. The Morgan fingerprint density at radius 3 is 2.63 bits per heavy atom. The van der Waals surface area contributed by atoms with Gasteiger partial charge in [0.15, 0.2) is 0 Å². The summed E-state index contributed by atoms with van der Waals surface area (Å²) >= 11 is 1.63. The Bertz CT molecular complexity index is 984. The topological polar surface area (TPSA) is 37.3 Å². The monoisotopic (exact) mass is 427 g/mol. The van der Waals surface area contributed by atoms with E-state index >= 15 is 0 Å². The van der Waals surface area contributed by atoms with Crippen molar-refractivity contribution in [3.63, 3.8) is 0 Å². The fourth-order valence-electron chi connectivity index (χ4n) is 4.58. The fraction of sp³-hybridized carbons (Fsp3) is 0.458. The molecule has 1 amide bonds. The fourth-order valence-corrected chi connectivity index (χ4v) is 5.40. The number of fused-ring (bicyclic) bond motifs is 1. The van der Waals surface area contributed by atoms with Gasteiger partial charge in [-0.2, -0.15) is 0 Å². The predicted molar refractivity (Wildman–Crippen MR) is 122 cm³/mol. The number of hydrogen-bond donors (Lipinski definition) is 1. The summed E-state index contributed by atoms with van der Waals surface area (Å²) in [6, 6.07) is 11.7. The molecule has 1 fully saturated rings. The Morgan fingerprint density at radius 1 is 1.17 bits per heavy atom. The number of nitrogens with one attached hydrogen (secondary N) is 1. The van der Waals surface area contributed by atoms with Gasteiger partial charge in [-0.1, -0.05) is 18.6 Å². The van der Waals surface area contributed by atoms with Crippen molar-refractivity contribution < 1.29 is 9.18 Å². The molecule has 1 saturated heterocycles. The molecule has 2 atom stereocenters. The first-order valence-electron chi connectivity index (χ1n) is 10.9. The second kappa shape index (κ2) is 9.31. The Hall–Kier alpha value is -2.18. The number of thiophene rings is 1. The van der Waals surface area contributed by atoms with E-state index in [2.05, 4.69) is 24.1 Å². The Balaban J connectivity index is 1.40. The van der Waals surface area contributed by atoms with Gasteiger partial charge in [0.05, 0.1) is 10.2 Å². The van der Waals surface area contributed by atoms with E-state index in [1.807, 2.05) is 22.1 Å². The van der Waals surface area contributed by atoms with Crippen molar-refractivity contribution in [2.45, 2.75) is 58.2 Å². The van der Waals surface area contributed by atoms with Gasteiger partial charge in [0.2, 0.25) is 0 Å². The molecule has 1 aromatic carbocycles. The minimum absolute atomic E-state index is 0.0414. The van der Waals surface area contributed by atoms with Crippen LogP contribution in [0.1, 0.15) is 55.6 Å². The summed E-state index contributed by atoms with van der Waals surface area (Å²) in [6.07, 6.45) is 4.81. The van der Waals surface area contributed by atoms with Crippen LogP contribution in [0.3, 0.4) is 0 Å². The van der Waals surface area contributed by atoms with Crippen molar-refractivity contribution in [3.8, 4) is 0 Å². The molecule has 4 rings (SSSR count). The molecule has 0 radical (unpaired) electrons. The van der Waals surface area contributed by atoms with Crippen LogP contribution in [0.5, 0.6) is 0 Å². The highest BCUT2D eigenvalue weighted by atomic mass is 32.1. The van der Waals surface area contributed by atoms with Crippen LogP contribution in [0, 0.1) is 5.82 Å². The van der Waals surface area contributed by atoms with Crippen molar-refractivity contribution in [2.75, 3.05) is 13.1 Å². The predicted octanol–water partition coefficient (Wildman–Crippen LogP) is 5.27. The highest BCUT2D eigenvalue weighted by Gasteiger charge is 2.24. The van der Waals surface area contributed by atoms with E-state index < -0.39 is 0 Å². The first-order valence-corrected chi connectivity index (χ1v) is 11.8. The number of halogens is 1. The minimum atomic E-state index is -0.248. The molecule has 0 saturated carbocycles. The van der Waals surface area contributed by atoms with Crippen molar-refractivity contribution in [2.24, 2.45) is 0 Å². The van der Waals surface area contributed by atoms with Crippen LogP contribution < -0.4 is 5.32 Å². The molecular formula is C24H30FN3OS. The summed E-state index contributed by atoms with van der Waals surface area (Å²) in [4.78, 5) is 15.5. The van der Waals surface area contributed by atoms with Crippen LogP contribution >= 0.6 is 11.3 Å². The molecule has 6 heteroatoms. The number of carbonyl (C=O) groups excluding carboxylic acids is 1. The van der Waals surface area contributed by atoms with Crippen molar-refractivity contribution in [1.29, 1.82) is 0 Å². The van der Waals surface area contributed by atoms with Crippen LogP contribution in [0.2, 0.25) is 0 Å². The van der Waals surface area contributed by atoms with E-state index in [0.29, 0.717) is 30.9 Å². The smallest absolute Gasteiger partial charge is 0.267 e. The molecule has 2 aromatic heterocycles. The van der Waals surface area contributed by atoms with Crippen molar-refractivity contribution in [1.82, 2.24) is 14.8 Å². The number of amides is 1. The van der Waals surface area contributed by atoms with Gasteiger partial charge in [0.1, 0.15) is 11.5 Å².